The Kier molecular flexibility index (Phi) is 5.71. The number of halogens is 2. The summed E-state index contributed by atoms with van der Waals surface area (Å²) in [5.41, 5.74) is 1.75. The van der Waals surface area contributed by atoms with Gasteiger partial charge in [0.05, 0.1) is 10.5 Å². The van der Waals surface area contributed by atoms with Crippen molar-refractivity contribution in [2.75, 3.05) is 6.61 Å². The fourth-order valence-electron chi connectivity index (χ4n) is 2.53. The maximum atomic E-state index is 12.2. The lowest BCUT2D eigenvalue weighted by atomic mass is 10.1. The van der Waals surface area contributed by atoms with E-state index in [2.05, 4.69) is 42.2 Å². The summed E-state index contributed by atoms with van der Waals surface area (Å²) in [7, 11) is 0. The molecule has 25 heavy (non-hydrogen) atoms. The molecule has 1 amide bonds. The van der Waals surface area contributed by atoms with E-state index in [1.165, 1.54) is 0 Å². The number of nitrogens with zero attached hydrogens (tertiary/aromatic N) is 1. The smallest absolute Gasteiger partial charge is 0.258 e. The highest BCUT2D eigenvalue weighted by Gasteiger charge is 2.15. The molecule has 0 unspecified atom stereocenters. The lowest BCUT2D eigenvalue weighted by Gasteiger charge is -2.16. The van der Waals surface area contributed by atoms with Crippen LogP contribution in [0.5, 0.6) is 5.75 Å². The van der Waals surface area contributed by atoms with Crippen LogP contribution in [0.3, 0.4) is 0 Å². The molecule has 0 bridgehead atoms. The molecule has 3 rings (SSSR count). The fraction of sp³-hybridized carbons (Fsp3) is 0.158. The van der Waals surface area contributed by atoms with Crippen molar-refractivity contribution in [1.82, 2.24) is 10.3 Å². The molecule has 4 nitrogen and oxygen atoms in total. The van der Waals surface area contributed by atoms with Crippen LogP contribution in [0.25, 0.3) is 10.9 Å². The molecule has 0 aliphatic rings. The van der Waals surface area contributed by atoms with Crippen LogP contribution in [0.15, 0.2) is 63.7 Å². The number of nitrogens with one attached hydrogen (secondary N) is 1. The minimum Gasteiger partial charge on any atom is -0.480 e. The molecule has 0 aliphatic carbocycles. The van der Waals surface area contributed by atoms with E-state index in [1.807, 2.05) is 55.5 Å². The van der Waals surface area contributed by atoms with Crippen LogP contribution in [0.1, 0.15) is 18.5 Å². The van der Waals surface area contributed by atoms with E-state index in [9.17, 15) is 4.79 Å². The lowest BCUT2D eigenvalue weighted by Crippen LogP contribution is -2.31. The van der Waals surface area contributed by atoms with E-state index >= 15 is 0 Å². The number of hydrogen-bond acceptors (Lipinski definition) is 3. The summed E-state index contributed by atoms with van der Waals surface area (Å²) in [5, 5.41) is 3.87. The maximum absolute atomic E-state index is 12.2. The molecule has 1 heterocycles. The number of ether oxygens (including phenoxy) is 1. The summed E-state index contributed by atoms with van der Waals surface area (Å²) in [4.78, 5) is 16.6. The third-order valence-electron chi connectivity index (χ3n) is 3.78. The van der Waals surface area contributed by atoms with E-state index in [0.717, 1.165) is 19.9 Å². The molecule has 2 aromatic carbocycles. The van der Waals surface area contributed by atoms with Crippen molar-refractivity contribution in [2.45, 2.75) is 13.0 Å². The minimum absolute atomic E-state index is 0.0803. The summed E-state index contributed by atoms with van der Waals surface area (Å²) in [6.45, 7) is 1.86. The zero-order valence-electron chi connectivity index (χ0n) is 13.5. The van der Waals surface area contributed by atoms with E-state index in [-0.39, 0.29) is 18.6 Å². The molecule has 6 heteroatoms. The number of carbonyl (C=O) groups is 1. The molecular formula is C19H16Br2N2O2. The first-order valence-electron chi connectivity index (χ1n) is 7.76. The van der Waals surface area contributed by atoms with Gasteiger partial charge in [-0.3, -0.25) is 9.78 Å². The largest absolute Gasteiger partial charge is 0.480 e. The number of amides is 1. The maximum Gasteiger partial charge on any atom is 0.258 e. The van der Waals surface area contributed by atoms with Crippen LogP contribution < -0.4 is 10.1 Å². The van der Waals surface area contributed by atoms with Crippen molar-refractivity contribution in [3.8, 4) is 5.75 Å². The van der Waals surface area contributed by atoms with Gasteiger partial charge in [-0.05, 0) is 40.5 Å². The van der Waals surface area contributed by atoms with Crippen molar-refractivity contribution in [1.29, 1.82) is 0 Å². The first kappa shape index (κ1) is 17.9. The van der Waals surface area contributed by atoms with Crippen LogP contribution in [-0.4, -0.2) is 17.5 Å². The molecule has 128 valence electrons. The summed E-state index contributed by atoms with van der Waals surface area (Å²) >= 11 is 6.99. The number of rotatable bonds is 5. The number of benzene rings is 2. The lowest BCUT2D eigenvalue weighted by molar-refractivity contribution is -0.123. The number of hydrogen-bond donors (Lipinski definition) is 1. The standard InChI is InChI=1S/C19H16Br2N2O2/c1-12(13-6-3-2-4-7-13)23-17(24)11-25-19-16(21)10-15(20)14-8-5-9-22-18(14)19/h2-10,12H,11H2,1H3,(H,23,24)/t12-/m1/s1. The molecule has 0 saturated carbocycles. The third-order valence-corrected chi connectivity index (χ3v) is 5.02. The van der Waals surface area contributed by atoms with Gasteiger partial charge >= 0.3 is 0 Å². The highest BCUT2D eigenvalue weighted by atomic mass is 79.9. The quantitative estimate of drug-likeness (QED) is 0.578. The first-order valence-corrected chi connectivity index (χ1v) is 9.34. The van der Waals surface area contributed by atoms with Gasteiger partial charge in [-0.25, -0.2) is 0 Å². The number of carbonyl (C=O) groups excluding carboxylic acids is 1. The SMILES string of the molecule is C[C@@H](NC(=O)COc1c(Br)cc(Br)c2cccnc12)c1ccccc1. The Bertz CT molecular complexity index is 901. The Morgan fingerprint density at radius 1 is 1.16 bits per heavy atom. The van der Waals surface area contributed by atoms with E-state index in [0.29, 0.717) is 11.3 Å². The van der Waals surface area contributed by atoms with Crippen molar-refractivity contribution < 1.29 is 9.53 Å². The highest BCUT2D eigenvalue weighted by molar-refractivity contribution is 9.11. The van der Waals surface area contributed by atoms with Gasteiger partial charge in [-0.2, -0.15) is 0 Å². The predicted octanol–water partition coefficient (Wildman–Crippen LogP) is 5.02. The molecule has 1 N–H and O–H groups in total. The van der Waals surface area contributed by atoms with E-state index < -0.39 is 0 Å². The van der Waals surface area contributed by atoms with Gasteiger partial charge in [0.25, 0.3) is 5.91 Å². The second kappa shape index (κ2) is 7.97. The van der Waals surface area contributed by atoms with Gasteiger partial charge in [-0.15, -0.1) is 0 Å². The minimum atomic E-state index is -0.185. The van der Waals surface area contributed by atoms with Crippen LogP contribution in [0, 0.1) is 0 Å². The van der Waals surface area contributed by atoms with Gasteiger partial charge in [0.1, 0.15) is 5.52 Å². The predicted molar refractivity (Wildman–Crippen MR) is 106 cm³/mol. The van der Waals surface area contributed by atoms with Crippen molar-refractivity contribution in [3.63, 3.8) is 0 Å². The molecular weight excluding hydrogens is 448 g/mol. The molecule has 0 radical (unpaired) electrons. The molecule has 1 aromatic heterocycles. The third kappa shape index (κ3) is 4.19. The zero-order chi connectivity index (χ0) is 17.8. The summed E-state index contributed by atoms with van der Waals surface area (Å²) < 4.78 is 7.42. The summed E-state index contributed by atoms with van der Waals surface area (Å²) in [6, 6.07) is 15.4. The Morgan fingerprint density at radius 3 is 2.68 bits per heavy atom. The topological polar surface area (TPSA) is 51.2 Å². The Balaban J connectivity index is 1.71. The van der Waals surface area contributed by atoms with Gasteiger partial charge in [0.15, 0.2) is 12.4 Å². The van der Waals surface area contributed by atoms with Gasteiger partial charge in [0.2, 0.25) is 0 Å². The van der Waals surface area contributed by atoms with Crippen molar-refractivity contribution in [2.24, 2.45) is 0 Å². The Hall–Kier alpha value is -1.92. The Morgan fingerprint density at radius 2 is 1.92 bits per heavy atom. The summed E-state index contributed by atoms with van der Waals surface area (Å²) in [6.07, 6.45) is 1.70. The number of pyridine rings is 1. The average molecular weight is 464 g/mol. The fourth-order valence-corrected chi connectivity index (χ4v) is 3.92. The Labute approximate surface area is 162 Å². The van der Waals surface area contributed by atoms with Crippen molar-refractivity contribution in [3.05, 3.63) is 69.2 Å². The van der Waals surface area contributed by atoms with E-state index in [4.69, 9.17) is 4.74 Å². The van der Waals surface area contributed by atoms with Crippen molar-refractivity contribution >= 4 is 48.7 Å². The molecule has 0 fully saturated rings. The number of aromatic nitrogens is 1. The van der Waals surface area contributed by atoms with Crippen LogP contribution in [0.2, 0.25) is 0 Å². The van der Waals surface area contributed by atoms with Crippen LogP contribution in [-0.2, 0) is 4.79 Å². The molecule has 0 aliphatic heterocycles. The molecule has 1 atom stereocenters. The molecule has 0 spiro atoms. The average Bonchev–Trinajstić information content (AvgIpc) is 2.62. The normalized spacial score (nSPS) is 12.0. The monoisotopic (exact) mass is 462 g/mol. The van der Waals surface area contributed by atoms with Crippen LogP contribution >= 0.6 is 31.9 Å². The summed E-state index contributed by atoms with van der Waals surface area (Å²) in [5.74, 6) is 0.372. The zero-order valence-corrected chi connectivity index (χ0v) is 16.7. The first-order chi connectivity index (χ1) is 12.1. The van der Waals surface area contributed by atoms with Gasteiger partial charge in [-0.1, -0.05) is 52.3 Å². The second-order valence-electron chi connectivity index (χ2n) is 5.56. The van der Waals surface area contributed by atoms with Gasteiger partial charge < -0.3 is 10.1 Å². The molecule has 3 aromatic rings. The molecule has 0 saturated heterocycles. The number of fused-ring (bicyclic) bond motifs is 1. The van der Waals surface area contributed by atoms with E-state index in [1.54, 1.807) is 6.20 Å². The second-order valence-corrected chi connectivity index (χ2v) is 7.27. The van der Waals surface area contributed by atoms with Crippen LogP contribution in [0.4, 0.5) is 0 Å². The van der Waals surface area contributed by atoms with Gasteiger partial charge in [0, 0.05) is 16.1 Å². The highest BCUT2D eigenvalue weighted by Crippen LogP contribution is 2.37.